The normalized spacial score (nSPS) is 17.2. The number of amides is 1. The zero-order valence-electron chi connectivity index (χ0n) is 25.1. The molecule has 0 saturated carbocycles. The number of carbonyl (C=O) groups excluding carboxylic acids is 1. The average molecular weight is 698 g/mol. The van der Waals surface area contributed by atoms with E-state index in [2.05, 4.69) is 28.2 Å². The van der Waals surface area contributed by atoms with E-state index in [4.69, 9.17) is 28.3 Å². The topological polar surface area (TPSA) is 77.2 Å². The second-order valence-electron chi connectivity index (χ2n) is 11.4. The number of hydrazine groups is 1. The summed E-state index contributed by atoms with van der Waals surface area (Å²) in [6, 6.07) is 15.5. The van der Waals surface area contributed by atoms with Crippen molar-refractivity contribution < 1.29 is 18.0 Å². The fraction of sp³-hybridized carbons (Fsp3) is 0.324. The Morgan fingerprint density at radius 2 is 1.77 bits per heavy atom. The Hall–Kier alpha value is -3.84. The lowest BCUT2D eigenvalue weighted by Gasteiger charge is -2.26. The predicted octanol–water partition coefficient (Wildman–Crippen LogP) is 7.94. The van der Waals surface area contributed by atoms with Gasteiger partial charge in [-0.05, 0) is 86.8 Å². The van der Waals surface area contributed by atoms with Gasteiger partial charge in [0.2, 0.25) is 0 Å². The molecule has 1 N–H and O–H groups in total. The fourth-order valence-electron chi connectivity index (χ4n) is 5.84. The van der Waals surface area contributed by atoms with Gasteiger partial charge in [-0.2, -0.15) is 23.5 Å². The van der Waals surface area contributed by atoms with Crippen LogP contribution >= 0.6 is 34.5 Å². The van der Waals surface area contributed by atoms with Crippen LogP contribution in [0.4, 0.5) is 13.2 Å². The maximum absolute atomic E-state index is 13.9. The number of alkyl halides is 3. The molecular formula is C34H29Cl2F3N6OS. The molecule has 0 unspecified atom stereocenters. The third-order valence-corrected chi connectivity index (χ3v) is 9.75. The molecule has 4 aromatic rings. The number of thiophene rings is 1. The van der Waals surface area contributed by atoms with Crippen molar-refractivity contribution in [3.8, 4) is 34.2 Å². The predicted molar refractivity (Wildman–Crippen MR) is 176 cm³/mol. The molecule has 2 fully saturated rings. The zero-order chi connectivity index (χ0) is 33.1. The van der Waals surface area contributed by atoms with Gasteiger partial charge in [0.25, 0.3) is 5.91 Å². The lowest BCUT2D eigenvalue weighted by molar-refractivity contribution is -0.137. The molecule has 0 bridgehead atoms. The number of likely N-dealkylation sites (tertiary alicyclic amines) is 1. The van der Waals surface area contributed by atoms with Crippen LogP contribution in [0.3, 0.4) is 0 Å². The molecule has 2 aliphatic rings. The largest absolute Gasteiger partial charge is 0.416 e. The summed E-state index contributed by atoms with van der Waals surface area (Å²) in [4.78, 5) is 17.4. The molecule has 4 heterocycles. The van der Waals surface area contributed by atoms with Gasteiger partial charge >= 0.3 is 6.18 Å². The Balaban J connectivity index is 1.44. The quantitative estimate of drug-likeness (QED) is 0.207. The van der Waals surface area contributed by atoms with Crippen LogP contribution < -0.4 is 5.43 Å². The summed E-state index contributed by atoms with van der Waals surface area (Å²) >= 11 is 14.3. The van der Waals surface area contributed by atoms with E-state index >= 15 is 0 Å². The fourth-order valence-corrected chi connectivity index (χ4v) is 7.24. The van der Waals surface area contributed by atoms with Crippen LogP contribution in [0.25, 0.3) is 16.3 Å². The SMILES string of the molecule is N#C[C@H]1CCCN1Cc1c(C(=O)NN2CCCCC2)nn(-c2ccc(Cl)cc2Cl)c1-c1ccc(C#Cc2ccc(C(F)(F)F)cc2)s1. The van der Waals surface area contributed by atoms with Crippen molar-refractivity contribution in [2.45, 2.75) is 50.9 Å². The Bertz CT molecular complexity index is 1880. The highest BCUT2D eigenvalue weighted by atomic mass is 35.5. The van der Waals surface area contributed by atoms with E-state index < -0.39 is 11.7 Å². The molecule has 2 saturated heterocycles. The van der Waals surface area contributed by atoms with Gasteiger partial charge in [0.15, 0.2) is 5.69 Å². The summed E-state index contributed by atoms with van der Waals surface area (Å²) in [7, 11) is 0. The molecule has 2 aromatic heterocycles. The monoisotopic (exact) mass is 696 g/mol. The van der Waals surface area contributed by atoms with Crippen molar-refractivity contribution >= 4 is 40.4 Å². The Morgan fingerprint density at radius 3 is 2.47 bits per heavy atom. The summed E-state index contributed by atoms with van der Waals surface area (Å²) in [5, 5.41) is 17.4. The number of nitrogens with one attached hydrogen (secondary N) is 1. The molecule has 0 spiro atoms. The minimum atomic E-state index is -4.42. The molecular weight excluding hydrogens is 668 g/mol. The number of benzene rings is 2. The number of rotatable bonds is 6. The van der Waals surface area contributed by atoms with Gasteiger partial charge in [-0.1, -0.05) is 41.5 Å². The summed E-state index contributed by atoms with van der Waals surface area (Å²) in [6.45, 7) is 2.50. The number of aromatic nitrogens is 2. The van der Waals surface area contributed by atoms with E-state index in [1.54, 1.807) is 22.9 Å². The van der Waals surface area contributed by atoms with Gasteiger partial charge in [-0.15, -0.1) is 11.3 Å². The first-order chi connectivity index (χ1) is 22.6. The van der Waals surface area contributed by atoms with E-state index in [9.17, 15) is 23.2 Å². The molecule has 2 aliphatic heterocycles. The van der Waals surface area contributed by atoms with Gasteiger partial charge in [0.1, 0.15) is 0 Å². The highest BCUT2D eigenvalue weighted by Gasteiger charge is 2.33. The highest BCUT2D eigenvalue weighted by Crippen LogP contribution is 2.38. The van der Waals surface area contributed by atoms with Crippen LogP contribution in [0.5, 0.6) is 0 Å². The van der Waals surface area contributed by atoms with Crippen molar-refractivity contribution in [2.24, 2.45) is 0 Å². The second kappa shape index (κ2) is 14.1. The van der Waals surface area contributed by atoms with Crippen molar-refractivity contribution in [3.63, 3.8) is 0 Å². The molecule has 6 rings (SSSR count). The second-order valence-corrected chi connectivity index (χ2v) is 13.3. The third kappa shape index (κ3) is 7.51. The number of halogens is 5. The smallest absolute Gasteiger partial charge is 0.284 e. The summed E-state index contributed by atoms with van der Waals surface area (Å²) in [5.74, 6) is 5.65. The van der Waals surface area contributed by atoms with Crippen molar-refractivity contribution in [1.82, 2.24) is 25.1 Å². The summed E-state index contributed by atoms with van der Waals surface area (Å²) in [6.07, 6.45) is 0.253. The van der Waals surface area contributed by atoms with Crippen LogP contribution in [0.15, 0.2) is 54.6 Å². The number of hydrogen-bond donors (Lipinski definition) is 1. The van der Waals surface area contributed by atoms with Crippen LogP contribution in [0.2, 0.25) is 10.0 Å². The zero-order valence-corrected chi connectivity index (χ0v) is 27.4. The molecule has 242 valence electrons. The number of nitriles is 1. The first-order valence-corrected chi connectivity index (χ1v) is 16.7. The summed E-state index contributed by atoms with van der Waals surface area (Å²) < 4.78 is 40.7. The Kier molecular flexibility index (Phi) is 9.93. The Morgan fingerprint density at radius 1 is 1.00 bits per heavy atom. The van der Waals surface area contributed by atoms with E-state index in [0.717, 1.165) is 62.2 Å². The average Bonchev–Trinajstić information content (AvgIpc) is 3.79. The molecule has 47 heavy (non-hydrogen) atoms. The van der Waals surface area contributed by atoms with Crippen LogP contribution in [-0.4, -0.2) is 51.3 Å². The van der Waals surface area contributed by atoms with E-state index in [1.807, 2.05) is 17.1 Å². The number of carbonyl (C=O) groups is 1. The third-order valence-electron chi connectivity index (χ3n) is 8.21. The van der Waals surface area contributed by atoms with Crippen LogP contribution in [0.1, 0.15) is 64.2 Å². The van der Waals surface area contributed by atoms with E-state index in [-0.39, 0.29) is 17.6 Å². The maximum atomic E-state index is 13.9. The summed E-state index contributed by atoms with van der Waals surface area (Å²) in [5.41, 5.74) is 4.78. The maximum Gasteiger partial charge on any atom is 0.416 e. The van der Waals surface area contributed by atoms with Crippen molar-refractivity contribution in [2.75, 3.05) is 19.6 Å². The molecule has 2 aromatic carbocycles. The standard InChI is InChI=1S/C34H29Cl2F3N6OS/c35-24-11-14-29(28(36)19-24)45-32(30-15-13-26(47-30)12-8-22-6-9-23(10-7-22)34(37,38)39)27(21-43-16-4-5-25(43)20-40)31(41-45)33(46)42-44-17-2-1-3-18-44/h6-7,9-11,13-15,19,25H,1-5,16-18,21H2,(H,42,46)/t25-/m1/s1. The first-order valence-electron chi connectivity index (χ1n) is 15.2. The van der Waals surface area contributed by atoms with Gasteiger partial charge in [-0.25, -0.2) is 9.69 Å². The molecule has 1 amide bonds. The van der Waals surface area contributed by atoms with Crippen LogP contribution in [0, 0.1) is 23.2 Å². The van der Waals surface area contributed by atoms with Gasteiger partial charge < -0.3 is 0 Å². The van der Waals surface area contributed by atoms with E-state index in [0.29, 0.717) is 50.5 Å². The van der Waals surface area contributed by atoms with Gasteiger partial charge in [0.05, 0.1) is 43.8 Å². The molecule has 1 atom stereocenters. The number of piperidine rings is 1. The van der Waals surface area contributed by atoms with Gasteiger partial charge in [0, 0.05) is 35.8 Å². The highest BCUT2D eigenvalue weighted by molar-refractivity contribution is 7.16. The molecule has 0 aliphatic carbocycles. The Labute approximate surface area is 284 Å². The lowest BCUT2D eigenvalue weighted by Crippen LogP contribution is -2.45. The molecule has 7 nitrogen and oxygen atoms in total. The minimum absolute atomic E-state index is 0.228. The van der Waals surface area contributed by atoms with Crippen LogP contribution in [-0.2, 0) is 12.7 Å². The molecule has 0 radical (unpaired) electrons. The number of hydrogen-bond acceptors (Lipinski definition) is 6. The lowest BCUT2D eigenvalue weighted by atomic mass is 10.1. The number of nitrogens with zero attached hydrogens (tertiary/aromatic N) is 5. The van der Waals surface area contributed by atoms with Gasteiger partial charge in [-0.3, -0.25) is 15.1 Å². The minimum Gasteiger partial charge on any atom is -0.284 e. The van der Waals surface area contributed by atoms with Crippen molar-refractivity contribution in [3.05, 3.63) is 91.9 Å². The first kappa shape index (κ1) is 33.1. The van der Waals surface area contributed by atoms with Crippen molar-refractivity contribution in [1.29, 1.82) is 5.26 Å². The van der Waals surface area contributed by atoms with E-state index in [1.165, 1.54) is 23.5 Å². The molecule has 13 heteroatoms.